The third-order valence-electron chi connectivity index (χ3n) is 2.32. The van der Waals surface area contributed by atoms with Gasteiger partial charge in [-0.2, -0.15) is 0 Å². The van der Waals surface area contributed by atoms with Gasteiger partial charge in [-0.05, 0) is 30.0 Å². The van der Waals surface area contributed by atoms with Crippen LogP contribution in [0, 0.1) is 0 Å². The molecule has 0 fully saturated rings. The van der Waals surface area contributed by atoms with Crippen LogP contribution < -0.4 is 5.73 Å². The fraction of sp³-hybridized carbons (Fsp3) is 0.545. The van der Waals surface area contributed by atoms with Gasteiger partial charge in [-0.25, -0.2) is 0 Å². The summed E-state index contributed by atoms with van der Waals surface area (Å²) in [7, 11) is 0. The van der Waals surface area contributed by atoms with Crippen LogP contribution in [0.25, 0.3) is 0 Å². The third kappa shape index (κ3) is 2.52. The average molecular weight is 178 g/mol. The van der Waals surface area contributed by atoms with E-state index >= 15 is 0 Å². The van der Waals surface area contributed by atoms with Crippen LogP contribution in [-0.2, 0) is 6.42 Å². The lowest BCUT2D eigenvalue weighted by Gasteiger charge is -2.13. The van der Waals surface area contributed by atoms with Crippen LogP contribution in [0.2, 0.25) is 0 Å². The van der Waals surface area contributed by atoms with Gasteiger partial charge in [0.05, 0.1) is 0 Å². The van der Waals surface area contributed by atoms with Gasteiger partial charge in [0.15, 0.2) is 0 Å². The Morgan fingerprint density at radius 1 is 1.46 bits per heavy atom. The van der Waals surface area contributed by atoms with E-state index in [1.807, 2.05) is 18.5 Å². The standard InChI is InChI=1S/C11H18N2/c1-3-5-11(12)10-6-7-13-8-9(10)4-2/h6-8,11H,3-5,12H2,1-2H3. The summed E-state index contributed by atoms with van der Waals surface area (Å²) in [5.41, 5.74) is 8.60. The zero-order valence-corrected chi connectivity index (χ0v) is 8.46. The van der Waals surface area contributed by atoms with Crippen LogP contribution in [0.1, 0.15) is 43.9 Å². The second kappa shape index (κ2) is 4.97. The smallest absolute Gasteiger partial charge is 0.0303 e. The lowest BCUT2D eigenvalue weighted by Crippen LogP contribution is -2.12. The maximum atomic E-state index is 6.05. The summed E-state index contributed by atoms with van der Waals surface area (Å²) in [4.78, 5) is 4.10. The molecule has 2 nitrogen and oxygen atoms in total. The largest absolute Gasteiger partial charge is 0.324 e. The van der Waals surface area contributed by atoms with Crippen molar-refractivity contribution in [2.45, 2.75) is 39.2 Å². The van der Waals surface area contributed by atoms with Gasteiger partial charge in [0.25, 0.3) is 0 Å². The summed E-state index contributed by atoms with van der Waals surface area (Å²) in [5, 5.41) is 0. The molecule has 0 spiro atoms. The lowest BCUT2D eigenvalue weighted by molar-refractivity contribution is 0.631. The zero-order valence-electron chi connectivity index (χ0n) is 8.46. The molecule has 2 N–H and O–H groups in total. The van der Waals surface area contributed by atoms with Crippen LogP contribution in [-0.4, -0.2) is 4.98 Å². The van der Waals surface area contributed by atoms with E-state index in [9.17, 15) is 0 Å². The number of rotatable bonds is 4. The number of pyridine rings is 1. The van der Waals surface area contributed by atoms with Crippen molar-refractivity contribution in [3.63, 3.8) is 0 Å². The minimum Gasteiger partial charge on any atom is -0.324 e. The van der Waals surface area contributed by atoms with Gasteiger partial charge in [-0.3, -0.25) is 4.98 Å². The molecule has 1 rings (SSSR count). The molecule has 1 aromatic rings. The fourth-order valence-corrected chi connectivity index (χ4v) is 1.56. The first kappa shape index (κ1) is 10.2. The van der Waals surface area contributed by atoms with E-state index in [0.29, 0.717) is 0 Å². The van der Waals surface area contributed by atoms with Gasteiger partial charge >= 0.3 is 0 Å². The second-order valence-corrected chi connectivity index (χ2v) is 3.32. The van der Waals surface area contributed by atoms with Crippen molar-refractivity contribution < 1.29 is 0 Å². The minimum atomic E-state index is 0.183. The van der Waals surface area contributed by atoms with E-state index in [1.165, 1.54) is 11.1 Å². The highest BCUT2D eigenvalue weighted by Gasteiger charge is 2.08. The Bertz CT molecular complexity index is 258. The Kier molecular flexibility index (Phi) is 3.90. The van der Waals surface area contributed by atoms with Gasteiger partial charge in [-0.1, -0.05) is 20.3 Å². The highest BCUT2D eigenvalue weighted by Crippen LogP contribution is 2.19. The molecule has 0 saturated heterocycles. The first-order chi connectivity index (χ1) is 6.29. The van der Waals surface area contributed by atoms with E-state index in [-0.39, 0.29) is 6.04 Å². The first-order valence-electron chi connectivity index (χ1n) is 4.98. The molecule has 0 bridgehead atoms. The maximum Gasteiger partial charge on any atom is 0.0303 e. The molecule has 1 unspecified atom stereocenters. The monoisotopic (exact) mass is 178 g/mol. The maximum absolute atomic E-state index is 6.05. The van der Waals surface area contributed by atoms with Crippen molar-refractivity contribution in [2.24, 2.45) is 5.73 Å². The Morgan fingerprint density at radius 2 is 2.23 bits per heavy atom. The molecule has 0 saturated carbocycles. The minimum absolute atomic E-state index is 0.183. The molecule has 1 aromatic heterocycles. The van der Waals surface area contributed by atoms with Crippen LogP contribution >= 0.6 is 0 Å². The highest BCUT2D eigenvalue weighted by molar-refractivity contribution is 5.26. The molecule has 0 aliphatic carbocycles. The number of nitrogens with two attached hydrogens (primary N) is 1. The van der Waals surface area contributed by atoms with Crippen molar-refractivity contribution in [3.8, 4) is 0 Å². The summed E-state index contributed by atoms with van der Waals surface area (Å²) >= 11 is 0. The van der Waals surface area contributed by atoms with Gasteiger partial charge in [0, 0.05) is 18.4 Å². The van der Waals surface area contributed by atoms with E-state index in [4.69, 9.17) is 5.73 Å². The van der Waals surface area contributed by atoms with Crippen LogP contribution in [0.3, 0.4) is 0 Å². The Labute approximate surface area is 80.2 Å². The first-order valence-corrected chi connectivity index (χ1v) is 4.98. The van der Waals surface area contributed by atoms with Crippen molar-refractivity contribution in [2.75, 3.05) is 0 Å². The van der Waals surface area contributed by atoms with Gasteiger partial charge in [0.1, 0.15) is 0 Å². The molecule has 0 amide bonds. The normalized spacial score (nSPS) is 12.8. The Hall–Kier alpha value is -0.890. The number of hydrogen-bond donors (Lipinski definition) is 1. The predicted molar refractivity (Wildman–Crippen MR) is 55.5 cm³/mol. The molecule has 0 aromatic carbocycles. The summed E-state index contributed by atoms with van der Waals surface area (Å²) in [6, 6.07) is 2.22. The van der Waals surface area contributed by atoms with Gasteiger partial charge in [-0.15, -0.1) is 0 Å². The summed E-state index contributed by atoms with van der Waals surface area (Å²) in [5.74, 6) is 0. The van der Waals surface area contributed by atoms with Gasteiger partial charge in [0.2, 0.25) is 0 Å². The van der Waals surface area contributed by atoms with Crippen LogP contribution in [0.5, 0.6) is 0 Å². The summed E-state index contributed by atoms with van der Waals surface area (Å²) in [6.07, 6.45) is 6.94. The van der Waals surface area contributed by atoms with Crippen LogP contribution in [0.4, 0.5) is 0 Å². The van der Waals surface area contributed by atoms with Crippen molar-refractivity contribution in [1.82, 2.24) is 4.98 Å². The molecule has 1 heterocycles. The lowest BCUT2D eigenvalue weighted by atomic mass is 9.98. The van der Waals surface area contributed by atoms with Crippen molar-refractivity contribution in [1.29, 1.82) is 0 Å². The number of hydrogen-bond acceptors (Lipinski definition) is 2. The second-order valence-electron chi connectivity index (χ2n) is 3.32. The average Bonchev–Trinajstić information content (AvgIpc) is 2.18. The van der Waals surface area contributed by atoms with E-state index in [2.05, 4.69) is 18.8 Å². The van der Waals surface area contributed by atoms with Gasteiger partial charge < -0.3 is 5.73 Å². The van der Waals surface area contributed by atoms with E-state index in [0.717, 1.165) is 19.3 Å². The highest BCUT2D eigenvalue weighted by atomic mass is 14.7. The quantitative estimate of drug-likeness (QED) is 0.769. The molecule has 0 radical (unpaired) electrons. The topological polar surface area (TPSA) is 38.9 Å². The van der Waals surface area contributed by atoms with Crippen molar-refractivity contribution in [3.05, 3.63) is 29.6 Å². The molecular weight excluding hydrogens is 160 g/mol. The fourth-order valence-electron chi connectivity index (χ4n) is 1.56. The van der Waals surface area contributed by atoms with Crippen molar-refractivity contribution >= 4 is 0 Å². The van der Waals surface area contributed by atoms with Crippen LogP contribution in [0.15, 0.2) is 18.5 Å². The number of aryl methyl sites for hydroxylation is 1. The van der Waals surface area contributed by atoms with E-state index < -0.39 is 0 Å². The molecule has 1 atom stereocenters. The molecule has 72 valence electrons. The molecule has 0 aliphatic heterocycles. The molecular formula is C11H18N2. The predicted octanol–water partition coefficient (Wildman–Crippen LogP) is 2.44. The Morgan fingerprint density at radius 3 is 2.85 bits per heavy atom. The SMILES string of the molecule is CCCC(N)c1ccncc1CC. The number of nitrogens with zero attached hydrogens (tertiary/aromatic N) is 1. The third-order valence-corrected chi connectivity index (χ3v) is 2.32. The zero-order chi connectivity index (χ0) is 9.68. The summed E-state index contributed by atoms with van der Waals surface area (Å²) in [6.45, 7) is 4.30. The Balaban J connectivity index is 2.85. The molecule has 2 heteroatoms. The molecule has 0 aliphatic rings. The molecule has 13 heavy (non-hydrogen) atoms. The van der Waals surface area contributed by atoms with E-state index in [1.54, 1.807) is 0 Å². The summed E-state index contributed by atoms with van der Waals surface area (Å²) < 4.78 is 0. The number of aromatic nitrogens is 1.